The summed E-state index contributed by atoms with van der Waals surface area (Å²) in [6.45, 7) is 0.508. The van der Waals surface area contributed by atoms with E-state index in [2.05, 4.69) is 5.32 Å². The first-order chi connectivity index (χ1) is 14.2. The highest BCUT2D eigenvalue weighted by Gasteiger charge is 2.34. The molecule has 160 valence electrons. The fourth-order valence-corrected chi connectivity index (χ4v) is 3.56. The molecule has 2 aromatic rings. The number of amides is 2. The molecule has 1 unspecified atom stereocenters. The number of primary amides is 1. The molecule has 2 amide bonds. The molecule has 3 rings (SSSR count). The predicted octanol–water partition coefficient (Wildman–Crippen LogP) is 1.96. The molecule has 1 fully saturated rings. The molecule has 0 bridgehead atoms. The van der Waals surface area contributed by atoms with Gasteiger partial charge in [-0.2, -0.15) is 13.2 Å². The molecule has 10 heteroatoms. The van der Waals surface area contributed by atoms with Crippen molar-refractivity contribution in [3.63, 3.8) is 0 Å². The Hall–Kier alpha value is -3.14. The van der Waals surface area contributed by atoms with E-state index in [0.717, 1.165) is 24.2 Å². The Morgan fingerprint density at radius 3 is 2.60 bits per heavy atom. The Labute approximate surface area is 170 Å². The molecule has 0 aliphatic carbocycles. The number of para-hydroxylation sites is 1. The van der Waals surface area contributed by atoms with Crippen LogP contribution in [0.1, 0.15) is 24.0 Å². The second-order valence-electron chi connectivity index (χ2n) is 7.09. The maximum atomic E-state index is 12.9. The molecular weight excluding hydrogens is 401 g/mol. The Morgan fingerprint density at radius 1 is 1.17 bits per heavy atom. The van der Waals surface area contributed by atoms with Gasteiger partial charge < -0.3 is 15.6 Å². The fraction of sp³-hybridized carbons (Fsp3) is 0.350. The van der Waals surface area contributed by atoms with Crippen LogP contribution in [0.2, 0.25) is 0 Å². The number of rotatable bonds is 6. The van der Waals surface area contributed by atoms with E-state index in [9.17, 15) is 27.6 Å². The van der Waals surface area contributed by atoms with E-state index in [-0.39, 0.29) is 6.04 Å². The van der Waals surface area contributed by atoms with Gasteiger partial charge in [0.25, 0.3) is 5.56 Å². The summed E-state index contributed by atoms with van der Waals surface area (Å²) in [7, 11) is 0. The van der Waals surface area contributed by atoms with Crippen molar-refractivity contribution in [2.24, 2.45) is 5.73 Å². The van der Waals surface area contributed by atoms with Crippen molar-refractivity contribution >= 4 is 17.5 Å². The van der Waals surface area contributed by atoms with Crippen LogP contribution in [0.25, 0.3) is 0 Å². The van der Waals surface area contributed by atoms with Crippen molar-refractivity contribution in [3.8, 4) is 0 Å². The summed E-state index contributed by atoms with van der Waals surface area (Å²) in [4.78, 5) is 37.9. The summed E-state index contributed by atoms with van der Waals surface area (Å²) in [5, 5.41) is 2.64. The molecule has 1 saturated heterocycles. The van der Waals surface area contributed by atoms with E-state index in [1.165, 1.54) is 0 Å². The quantitative estimate of drug-likeness (QED) is 0.744. The molecule has 30 heavy (non-hydrogen) atoms. The van der Waals surface area contributed by atoms with Crippen molar-refractivity contribution in [2.45, 2.75) is 38.1 Å². The van der Waals surface area contributed by atoms with Crippen LogP contribution in [0.15, 0.2) is 47.4 Å². The van der Waals surface area contributed by atoms with Gasteiger partial charge in [-0.15, -0.1) is 0 Å². The first-order valence-electron chi connectivity index (χ1n) is 9.34. The molecule has 0 radical (unpaired) electrons. The SMILES string of the molecule is NC(=O)C1CCCN1Cc1ccccc1NC(=O)Cn1cccc(C(F)(F)F)c1=O. The number of likely N-dealkylation sites (tertiary alicyclic amines) is 1. The number of hydrogen-bond acceptors (Lipinski definition) is 4. The predicted molar refractivity (Wildman–Crippen MR) is 103 cm³/mol. The molecule has 1 aromatic heterocycles. The maximum Gasteiger partial charge on any atom is 0.421 e. The van der Waals surface area contributed by atoms with Gasteiger partial charge in [0.15, 0.2) is 0 Å². The van der Waals surface area contributed by atoms with Crippen molar-refractivity contribution in [1.29, 1.82) is 0 Å². The van der Waals surface area contributed by atoms with E-state index < -0.39 is 35.7 Å². The lowest BCUT2D eigenvalue weighted by Gasteiger charge is -2.23. The van der Waals surface area contributed by atoms with Crippen LogP contribution in [0, 0.1) is 0 Å². The normalized spacial score (nSPS) is 17.1. The first kappa shape index (κ1) is 21.6. The van der Waals surface area contributed by atoms with Crippen LogP contribution in [0.4, 0.5) is 18.9 Å². The zero-order valence-corrected chi connectivity index (χ0v) is 16.0. The topological polar surface area (TPSA) is 97.4 Å². The van der Waals surface area contributed by atoms with Crippen molar-refractivity contribution < 1.29 is 22.8 Å². The third-order valence-electron chi connectivity index (χ3n) is 5.00. The zero-order chi connectivity index (χ0) is 21.9. The number of aromatic nitrogens is 1. The van der Waals surface area contributed by atoms with Gasteiger partial charge in [0, 0.05) is 18.4 Å². The molecule has 1 atom stereocenters. The van der Waals surface area contributed by atoms with Crippen LogP contribution >= 0.6 is 0 Å². The van der Waals surface area contributed by atoms with Gasteiger partial charge in [0.05, 0.1) is 6.04 Å². The van der Waals surface area contributed by atoms with Crippen molar-refractivity contribution in [1.82, 2.24) is 9.47 Å². The van der Waals surface area contributed by atoms with E-state index in [1.54, 1.807) is 24.3 Å². The number of anilines is 1. The second kappa shape index (κ2) is 8.70. The van der Waals surface area contributed by atoms with Crippen LogP contribution in [0.3, 0.4) is 0 Å². The highest BCUT2D eigenvalue weighted by molar-refractivity contribution is 5.91. The average Bonchev–Trinajstić information content (AvgIpc) is 3.12. The molecule has 2 heterocycles. The molecule has 7 nitrogen and oxygen atoms in total. The highest BCUT2D eigenvalue weighted by Crippen LogP contribution is 2.26. The van der Waals surface area contributed by atoms with Gasteiger partial charge >= 0.3 is 6.18 Å². The lowest BCUT2D eigenvalue weighted by molar-refractivity contribution is -0.139. The summed E-state index contributed by atoms with van der Waals surface area (Å²) in [5.74, 6) is -1.05. The number of benzene rings is 1. The molecule has 0 saturated carbocycles. The maximum absolute atomic E-state index is 12.9. The number of nitrogens with zero attached hydrogens (tertiary/aromatic N) is 2. The van der Waals surface area contributed by atoms with Gasteiger partial charge in [0.1, 0.15) is 12.1 Å². The Bertz CT molecular complexity index is 1000. The molecule has 0 spiro atoms. The van der Waals surface area contributed by atoms with E-state index in [4.69, 9.17) is 5.73 Å². The summed E-state index contributed by atoms with van der Waals surface area (Å²) >= 11 is 0. The Morgan fingerprint density at radius 2 is 1.90 bits per heavy atom. The highest BCUT2D eigenvalue weighted by atomic mass is 19.4. The zero-order valence-electron chi connectivity index (χ0n) is 16.0. The molecule has 3 N–H and O–H groups in total. The van der Waals surface area contributed by atoms with Gasteiger partial charge in [-0.1, -0.05) is 18.2 Å². The number of carbonyl (C=O) groups is 2. The Balaban J connectivity index is 1.74. The molecule has 1 aromatic carbocycles. The van der Waals surface area contributed by atoms with Gasteiger partial charge in [-0.25, -0.2) is 0 Å². The summed E-state index contributed by atoms with van der Waals surface area (Å²) in [6, 6.07) is 8.28. The first-order valence-corrected chi connectivity index (χ1v) is 9.34. The van der Waals surface area contributed by atoms with Gasteiger partial charge in [-0.05, 0) is 43.1 Å². The average molecular weight is 422 g/mol. The van der Waals surface area contributed by atoms with Crippen LogP contribution in [-0.2, 0) is 28.9 Å². The van der Waals surface area contributed by atoms with Crippen LogP contribution < -0.4 is 16.6 Å². The minimum atomic E-state index is -4.80. The fourth-order valence-electron chi connectivity index (χ4n) is 3.56. The summed E-state index contributed by atoms with van der Waals surface area (Å²) in [5.41, 5.74) is 4.02. The van der Waals surface area contributed by atoms with E-state index in [0.29, 0.717) is 35.8 Å². The van der Waals surface area contributed by atoms with E-state index in [1.807, 2.05) is 4.90 Å². The van der Waals surface area contributed by atoms with Crippen LogP contribution in [-0.4, -0.2) is 33.9 Å². The third kappa shape index (κ3) is 4.88. The molecule has 1 aliphatic rings. The lowest BCUT2D eigenvalue weighted by atomic mass is 10.1. The van der Waals surface area contributed by atoms with Gasteiger partial charge in [0.2, 0.25) is 11.8 Å². The lowest BCUT2D eigenvalue weighted by Crippen LogP contribution is -2.39. The second-order valence-corrected chi connectivity index (χ2v) is 7.09. The van der Waals surface area contributed by atoms with Crippen LogP contribution in [0.5, 0.6) is 0 Å². The number of pyridine rings is 1. The number of alkyl halides is 3. The van der Waals surface area contributed by atoms with Gasteiger partial charge in [-0.3, -0.25) is 19.3 Å². The number of halogens is 3. The van der Waals surface area contributed by atoms with Crippen molar-refractivity contribution in [3.05, 3.63) is 64.1 Å². The monoisotopic (exact) mass is 422 g/mol. The number of hydrogen-bond donors (Lipinski definition) is 2. The summed E-state index contributed by atoms with van der Waals surface area (Å²) < 4.78 is 39.4. The van der Waals surface area contributed by atoms with E-state index >= 15 is 0 Å². The molecule has 1 aliphatic heterocycles. The Kier molecular flexibility index (Phi) is 6.25. The number of carbonyl (C=O) groups excluding carboxylic acids is 2. The smallest absolute Gasteiger partial charge is 0.368 e. The third-order valence-corrected chi connectivity index (χ3v) is 5.00. The number of nitrogens with one attached hydrogen (secondary N) is 1. The molecular formula is C20H21F3N4O3. The minimum absolute atomic E-state index is 0.377. The standard InChI is InChI=1S/C20H21F3N4O3/c21-20(22,23)14-6-3-10-27(19(14)30)12-17(28)25-15-7-2-1-5-13(15)11-26-9-4-8-16(26)18(24)29/h1-3,5-7,10,16H,4,8-9,11-12H2,(H2,24,29)(H,25,28). The summed E-state index contributed by atoms with van der Waals surface area (Å²) in [6.07, 6.45) is -2.16. The largest absolute Gasteiger partial charge is 0.421 e. The number of nitrogens with two attached hydrogens (primary N) is 1. The van der Waals surface area contributed by atoms with Crippen molar-refractivity contribution in [2.75, 3.05) is 11.9 Å². The minimum Gasteiger partial charge on any atom is -0.368 e.